The molecular weight excluding hydrogens is 431 g/mol. The van der Waals surface area contributed by atoms with E-state index in [-0.39, 0.29) is 12.2 Å². The molecule has 1 N–H and O–H groups in total. The minimum atomic E-state index is -0.0888. The van der Waals surface area contributed by atoms with Crippen LogP contribution in [0.4, 0.5) is 0 Å². The first-order chi connectivity index (χ1) is 14.1. The number of para-hydroxylation sites is 2. The number of halogens is 2. The molecule has 7 nitrogen and oxygen atoms in total. The second-order valence-corrected chi connectivity index (χ2v) is 8.17. The largest absolute Gasteiger partial charge is 0.335 e. The van der Waals surface area contributed by atoms with Crippen molar-refractivity contribution < 1.29 is 4.79 Å². The number of rotatable bonds is 5. The Morgan fingerprint density at radius 3 is 2.83 bits per heavy atom. The van der Waals surface area contributed by atoms with E-state index in [1.807, 2.05) is 30.3 Å². The van der Waals surface area contributed by atoms with Crippen LogP contribution in [0.25, 0.3) is 26.6 Å². The van der Waals surface area contributed by atoms with Gasteiger partial charge >= 0.3 is 0 Å². The van der Waals surface area contributed by atoms with Gasteiger partial charge in [0.1, 0.15) is 5.01 Å². The van der Waals surface area contributed by atoms with Crippen LogP contribution in [0.15, 0.2) is 42.5 Å². The van der Waals surface area contributed by atoms with Gasteiger partial charge in [0.15, 0.2) is 17.4 Å². The second-order valence-electron chi connectivity index (χ2n) is 6.37. The number of carbonyl (C=O) groups is 1. The molecule has 2 aromatic carbocycles. The number of hydrogen-bond acceptors (Lipinski definition) is 6. The number of aryl methyl sites for hydroxylation is 1. The van der Waals surface area contributed by atoms with Gasteiger partial charge in [0.25, 0.3) is 0 Å². The molecule has 0 aliphatic rings. The summed E-state index contributed by atoms with van der Waals surface area (Å²) in [5.74, 6) is 0.866. The predicted octanol–water partition coefficient (Wildman–Crippen LogP) is 4.85. The number of aromatic amines is 1. The van der Waals surface area contributed by atoms with Crippen LogP contribution in [0.3, 0.4) is 0 Å². The maximum absolute atomic E-state index is 12.5. The summed E-state index contributed by atoms with van der Waals surface area (Å²) in [5.41, 5.74) is 2.38. The van der Waals surface area contributed by atoms with Gasteiger partial charge < -0.3 is 4.98 Å². The summed E-state index contributed by atoms with van der Waals surface area (Å²) in [4.78, 5) is 20.6. The first-order valence-electron chi connectivity index (χ1n) is 8.73. The highest BCUT2D eigenvalue weighted by molar-refractivity contribution is 7.19. The normalized spacial score (nSPS) is 11.5. The van der Waals surface area contributed by atoms with Gasteiger partial charge in [-0.2, -0.15) is 9.61 Å². The Morgan fingerprint density at radius 1 is 1.14 bits per heavy atom. The van der Waals surface area contributed by atoms with Gasteiger partial charge in [0.2, 0.25) is 4.96 Å². The molecule has 0 bridgehead atoms. The summed E-state index contributed by atoms with van der Waals surface area (Å²) in [6, 6.07) is 12.8. The Morgan fingerprint density at radius 2 is 2.00 bits per heavy atom. The number of Topliss-reactive ketones (excluding diaryl/α,β-unsaturated/α-hetero) is 1. The molecule has 3 aromatic heterocycles. The molecule has 0 fully saturated rings. The number of fused-ring (bicyclic) bond motifs is 2. The summed E-state index contributed by atoms with van der Waals surface area (Å²) >= 11 is 13.6. The second kappa shape index (κ2) is 7.22. The number of aromatic nitrogens is 6. The lowest BCUT2D eigenvalue weighted by Gasteiger charge is -2.00. The van der Waals surface area contributed by atoms with Crippen molar-refractivity contribution in [3.05, 3.63) is 64.2 Å². The van der Waals surface area contributed by atoms with E-state index in [9.17, 15) is 4.79 Å². The van der Waals surface area contributed by atoms with Crippen LogP contribution >= 0.6 is 34.5 Å². The quantitative estimate of drug-likeness (QED) is 0.392. The summed E-state index contributed by atoms with van der Waals surface area (Å²) in [6.45, 7) is 0. The van der Waals surface area contributed by atoms with Crippen LogP contribution in [0.5, 0.6) is 0 Å². The third-order valence-electron chi connectivity index (χ3n) is 4.45. The van der Waals surface area contributed by atoms with E-state index < -0.39 is 0 Å². The van der Waals surface area contributed by atoms with Gasteiger partial charge in [0, 0.05) is 23.4 Å². The molecule has 0 saturated heterocycles. The minimum absolute atomic E-state index is 0.0888. The molecule has 5 rings (SSSR count). The maximum Gasteiger partial charge on any atom is 0.234 e. The lowest BCUT2D eigenvalue weighted by molar-refractivity contribution is 0.0973. The van der Waals surface area contributed by atoms with Crippen molar-refractivity contribution in [2.24, 2.45) is 0 Å². The Bertz CT molecular complexity index is 1340. The van der Waals surface area contributed by atoms with Crippen molar-refractivity contribution in [1.82, 2.24) is 29.8 Å². The minimum Gasteiger partial charge on any atom is -0.335 e. The van der Waals surface area contributed by atoms with Crippen LogP contribution in [0, 0.1) is 0 Å². The van der Waals surface area contributed by atoms with Crippen molar-refractivity contribution in [2.45, 2.75) is 12.8 Å². The van der Waals surface area contributed by atoms with Gasteiger partial charge in [-0.3, -0.25) is 4.79 Å². The monoisotopic (exact) mass is 442 g/mol. The highest BCUT2D eigenvalue weighted by Gasteiger charge is 2.17. The lowest BCUT2D eigenvalue weighted by Crippen LogP contribution is -2.06. The molecule has 0 aliphatic carbocycles. The third kappa shape index (κ3) is 3.39. The third-order valence-corrected chi connectivity index (χ3v) is 5.93. The van der Waals surface area contributed by atoms with Gasteiger partial charge in [-0.25, -0.2) is 4.98 Å². The molecule has 0 atom stereocenters. The van der Waals surface area contributed by atoms with E-state index in [1.54, 1.807) is 16.6 Å². The summed E-state index contributed by atoms with van der Waals surface area (Å²) < 4.78 is 1.65. The highest BCUT2D eigenvalue weighted by Crippen LogP contribution is 2.33. The van der Waals surface area contributed by atoms with Crippen LogP contribution in [0.1, 0.15) is 22.9 Å². The molecule has 29 heavy (non-hydrogen) atoms. The molecule has 3 heterocycles. The highest BCUT2D eigenvalue weighted by atomic mass is 35.5. The van der Waals surface area contributed by atoms with Crippen LogP contribution < -0.4 is 0 Å². The summed E-state index contributed by atoms with van der Waals surface area (Å²) in [7, 11) is 0. The smallest absolute Gasteiger partial charge is 0.234 e. The molecular formula is C19H12Cl2N6OS. The number of benzene rings is 2. The van der Waals surface area contributed by atoms with Crippen molar-refractivity contribution in [2.75, 3.05) is 0 Å². The standard InChI is InChI=1S/C19H12Cl2N6OS/c20-10-5-6-11(12(21)9-10)18-26-27-16(24-25-19(27)29-18)8-7-15(28)17-22-13-3-1-2-4-14(13)23-17/h1-6,9H,7-8H2,(H,22,23). The Kier molecular flexibility index (Phi) is 4.54. The number of ketones is 1. The Labute approximate surface area is 178 Å². The topological polar surface area (TPSA) is 88.8 Å². The van der Waals surface area contributed by atoms with Gasteiger partial charge in [-0.15, -0.1) is 10.2 Å². The van der Waals surface area contributed by atoms with Crippen LogP contribution in [0.2, 0.25) is 10.0 Å². The zero-order valence-corrected chi connectivity index (χ0v) is 17.1. The van der Waals surface area contributed by atoms with E-state index in [0.29, 0.717) is 38.1 Å². The van der Waals surface area contributed by atoms with E-state index in [1.165, 1.54) is 11.3 Å². The molecule has 0 amide bonds. The average Bonchev–Trinajstić information content (AvgIpc) is 3.40. The fourth-order valence-corrected chi connectivity index (χ4v) is 4.47. The maximum atomic E-state index is 12.5. The molecule has 0 saturated carbocycles. The van der Waals surface area contributed by atoms with E-state index >= 15 is 0 Å². The van der Waals surface area contributed by atoms with Crippen molar-refractivity contribution >= 4 is 56.3 Å². The van der Waals surface area contributed by atoms with Gasteiger partial charge in [-0.05, 0) is 30.3 Å². The first-order valence-corrected chi connectivity index (χ1v) is 10.3. The number of nitrogens with one attached hydrogen (secondary N) is 1. The number of carbonyl (C=O) groups excluding carboxylic acids is 1. The SMILES string of the molecule is O=C(CCc1nnc2sc(-c3ccc(Cl)cc3Cl)nn12)c1nc2ccccc2[nH]1. The summed E-state index contributed by atoms with van der Waals surface area (Å²) in [6.07, 6.45) is 0.643. The Hall–Kier alpha value is -2.81. The van der Waals surface area contributed by atoms with E-state index in [4.69, 9.17) is 23.2 Å². The molecule has 0 spiro atoms. The van der Waals surface area contributed by atoms with E-state index in [0.717, 1.165) is 16.6 Å². The van der Waals surface area contributed by atoms with E-state index in [2.05, 4.69) is 25.3 Å². The number of H-pyrrole nitrogens is 1. The molecule has 5 aromatic rings. The van der Waals surface area contributed by atoms with Crippen LogP contribution in [-0.2, 0) is 6.42 Å². The van der Waals surface area contributed by atoms with Gasteiger partial charge in [0.05, 0.1) is 16.1 Å². The molecule has 144 valence electrons. The van der Waals surface area contributed by atoms with Crippen molar-refractivity contribution in [3.8, 4) is 10.6 Å². The van der Waals surface area contributed by atoms with Crippen molar-refractivity contribution in [3.63, 3.8) is 0 Å². The number of hydrogen-bond donors (Lipinski definition) is 1. The van der Waals surface area contributed by atoms with Crippen molar-refractivity contribution in [1.29, 1.82) is 0 Å². The zero-order chi connectivity index (χ0) is 20.0. The zero-order valence-electron chi connectivity index (χ0n) is 14.8. The first kappa shape index (κ1) is 18.2. The molecule has 0 aliphatic heterocycles. The van der Waals surface area contributed by atoms with Gasteiger partial charge in [-0.1, -0.05) is 46.7 Å². The molecule has 0 radical (unpaired) electrons. The fourth-order valence-electron chi connectivity index (χ4n) is 3.01. The Balaban J connectivity index is 1.38. The number of nitrogens with zero attached hydrogens (tertiary/aromatic N) is 5. The fraction of sp³-hybridized carbons (Fsp3) is 0.105. The molecule has 0 unspecified atom stereocenters. The van der Waals surface area contributed by atoms with Crippen LogP contribution in [-0.4, -0.2) is 35.6 Å². The number of imidazole rings is 1. The lowest BCUT2D eigenvalue weighted by atomic mass is 10.2. The molecule has 10 heteroatoms. The average molecular weight is 443 g/mol. The summed E-state index contributed by atoms with van der Waals surface area (Å²) in [5, 5.41) is 14.7. The predicted molar refractivity (Wildman–Crippen MR) is 113 cm³/mol.